The molecule has 1 unspecified atom stereocenters. The van der Waals surface area contributed by atoms with Gasteiger partial charge < -0.3 is 16.2 Å². The maximum absolute atomic E-state index is 11.7. The minimum absolute atomic E-state index is 0.152. The summed E-state index contributed by atoms with van der Waals surface area (Å²) >= 11 is 1.53. The van der Waals surface area contributed by atoms with Crippen LogP contribution in [0.5, 0.6) is 0 Å². The fourth-order valence-electron chi connectivity index (χ4n) is 1.26. The number of nitrogens with one attached hydrogen (secondary N) is 1. The van der Waals surface area contributed by atoms with Crippen molar-refractivity contribution >= 4 is 29.3 Å². The van der Waals surface area contributed by atoms with Crippen molar-refractivity contribution in [2.24, 2.45) is 0 Å². The smallest absolute Gasteiger partial charge is 0.326 e. The van der Waals surface area contributed by atoms with Crippen LogP contribution in [0.3, 0.4) is 0 Å². The maximum atomic E-state index is 11.7. The molecule has 0 aliphatic rings. The highest BCUT2D eigenvalue weighted by atomic mass is 32.2. The SMILES string of the molecule is CSCCC(NC(=O)c1ccc(N)cn1)C(=O)O. The number of hydrogen-bond acceptors (Lipinski definition) is 5. The molecule has 0 spiro atoms. The molecule has 0 saturated heterocycles. The number of amides is 1. The van der Waals surface area contributed by atoms with Gasteiger partial charge >= 0.3 is 5.97 Å². The Morgan fingerprint density at radius 2 is 2.28 bits per heavy atom. The largest absolute Gasteiger partial charge is 0.480 e. The first-order valence-electron chi connectivity index (χ1n) is 5.28. The molecular formula is C11H15N3O3S. The molecule has 1 rings (SSSR count). The molecule has 6 nitrogen and oxygen atoms in total. The lowest BCUT2D eigenvalue weighted by atomic mass is 10.2. The van der Waals surface area contributed by atoms with Crippen molar-refractivity contribution in [3.05, 3.63) is 24.0 Å². The molecule has 1 atom stereocenters. The van der Waals surface area contributed by atoms with E-state index in [2.05, 4.69) is 10.3 Å². The zero-order valence-corrected chi connectivity index (χ0v) is 10.7. The first-order valence-corrected chi connectivity index (χ1v) is 6.68. The normalized spacial score (nSPS) is 11.8. The minimum atomic E-state index is -1.05. The third kappa shape index (κ3) is 4.25. The number of carboxylic acids is 1. The minimum Gasteiger partial charge on any atom is -0.480 e. The van der Waals surface area contributed by atoms with E-state index in [-0.39, 0.29) is 5.69 Å². The Morgan fingerprint density at radius 3 is 2.78 bits per heavy atom. The summed E-state index contributed by atoms with van der Waals surface area (Å²) in [5, 5.41) is 11.4. The number of nitrogen functional groups attached to an aromatic ring is 1. The number of anilines is 1. The highest BCUT2D eigenvalue weighted by Gasteiger charge is 2.20. The lowest BCUT2D eigenvalue weighted by Crippen LogP contribution is -2.41. The second-order valence-corrected chi connectivity index (χ2v) is 4.61. The zero-order valence-electron chi connectivity index (χ0n) is 9.92. The Hall–Kier alpha value is -1.76. The molecule has 0 aliphatic heterocycles. The summed E-state index contributed by atoms with van der Waals surface area (Å²) in [5.41, 5.74) is 6.05. The average molecular weight is 269 g/mol. The van der Waals surface area contributed by atoms with Crippen molar-refractivity contribution in [2.75, 3.05) is 17.7 Å². The van der Waals surface area contributed by atoms with Gasteiger partial charge in [-0.25, -0.2) is 9.78 Å². The van der Waals surface area contributed by atoms with Gasteiger partial charge in [0.25, 0.3) is 5.91 Å². The molecule has 0 saturated carbocycles. The second kappa shape index (κ2) is 6.85. The van der Waals surface area contributed by atoms with E-state index in [0.29, 0.717) is 17.9 Å². The van der Waals surface area contributed by atoms with Gasteiger partial charge in [0, 0.05) is 0 Å². The zero-order chi connectivity index (χ0) is 13.5. The Bertz CT molecular complexity index is 422. The molecule has 0 fully saturated rings. The third-order valence-corrected chi connectivity index (χ3v) is 2.88. The van der Waals surface area contributed by atoms with Gasteiger partial charge in [-0.2, -0.15) is 11.8 Å². The first-order chi connectivity index (χ1) is 8.54. The van der Waals surface area contributed by atoms with Gasteiger partial charge in [0.15, 0.2) is 0 Å². The summed E-state index contributed by atoms with van der Waals surface area (Å²) in [4.78, 5) is 26.5. The lowest BCUT2D eigenvalue weighted by Gasteiger charge is -2.13. The van der Waals surface area contributed by atoms with Crippen molar-refractivity contribution in [2.45, 2.75) is 12.5 Å². The molecule has 4 N–H and O–H groups in total. The van der Waals surface area contributed by atoms with Gasteiger partial charge in [-0.15, -0.1) is 0 Å². The number of aliphatic carboxylic acids is 1. The van der Waals surface area contributed by atoms with Crippen LogP contribution in [0.25, 0.3) is 0 Å². The van der Waals surface area contributed by atoms with Crippen LogP contribution in [0.2, 0.25) is 0 Å². The van der Waals surface area contributed by atoms with E-state index in [1.165, 1.54) is 24.0 Å². The maximum Gasteiger partial charge on any atom is 0.326 e. The van der Waals surface area contributed by atoms with Crippen LogP contribution in [0.15, 0.2) is 18.3 Å². The van der Waals surface area contributed by atoms with Crippen LogP contribution in [-0.2, 0) is 4.79 Å². The van der Waals surface area contributed by atoms with Gasteiger partial charge in [0.05, 0.1) is 11.9 Å². The standard InChI is InChI=1S/C11H15N3O3S/c1-18-5-4-9(11(16)17)14-10(15)8-3-2-7(12)6-13-8/h2-3,6,9H,4-5,12H2,1H3,(H,14,15)(H,16,17). The second-order valence-electron chi connectivity index (χ2n) is 3.62. The van der Waals surface area contributed by atoms with E-state index < -0.39 is 17.9 Å². The Kier molecular flexibility index (Phi) is 5.44. The summed E-state index contributed by atoms with van der Waals surface area (Å²) in [6, 6.07) is 2.10. The van der Waals surface area contributed by atoms with E-state index in [1.54, 1.807) is 6.07 Å². The predicted molar refractivity (Wildman–Crippen MR) is 70.5 cm³/mol. The van der Waals surface area contributed by atoms with Crippen LogP contribution in [0.1, 0.15) is 16.9 Å². The topological polar surface area (TPSA) is 105 Å². The van der Waals surface area contributed by atoms with Crippen molar-refractivity contribution < 1.29 is 14.7 Å². The molecule has 1 aromatic heterocycles. The number of carbonyl (C=O) groups excluding carboxylic acids is 1. The molecule has 0 aromatic carbocycles. The highest BCUT2D eigenvalue weighted by molar-refractivity contribution is 7.98. The van der Waals surface area contributed by atoms with E-state index in [0.717, 1.165) is 0 Å². The number of pyridine rings is 1. The van der Waals surface area contributed by atoms with Gasteiger partial charge in [-0.05, 0) is 30.6 Å². The number of nitrogens with two attached hydrogens (primary N) is 1. The van der Waals surface area contributed by atoms with Crippen molar-refractivity contribution in [1.82, 2.24) is 10.3 Å². The monoisotopic (exact) mass is 269 g/mol. The van der Waals surface area contributed by atoms with Gasteiger partial charge in [0.1, 0.15) is 11.7 Å². The molecule has 0 aliphatic carbocycles. The van der Waals surface area contributed by atoms with E-state index in [4.69, 9.17) is 10.8 Å². The number of carboxylic acid groups (broad SMARTS) is 1. The number of thioether (sulfide) groups is 1. The molecular weight excluding hydrogens is 254 g/mol. The molecule has 7 heteroatoms. The lowest BCUT2D eigenvalue weighted by molar-refractivity contribution is -0.139. The molecule has 1 heterocycles. The number of hydrogen-bond donors (Lipinski definition) is 3. The Morgan fingerprint density at radius 1 is 1.56 bits per heavy atom. The quantitative estimate of drug-likeness (QED) is 0.698. The van der Waals surface area contributed by atoms with Gasteiger partial charge in [0.2, 0.25) is 0 Å². The number of aromatic nitrogens is 1. The number of nitrogens with zero attached hydrogens (tertiary/aromatic N) is 1. The average Bonchev–Trinajstić information content (AvgIpc) is 2.34. The molecule has 98 valence electrons. The molecule has 18 heavy (non-hydrogen) atoms. The van der Waals surface area contributed by atoms with Gasteiger partial charge in [-0.3, -0.25) is 4.79 Å². The van der Waals surface area contributed by atoms with Gasteiger partial charge in [-0.1, -0.05) is 0 Å². The highest BCUT2D eigenvalue weighted by Crippen LogP contribution is 2.04. The molecule has 0 bridgehead atoms. The first kappa shape index (κ1) is 14.3. The van der Waals surface area contributed by atoms with E-state index in [9.17, 15) is 9.59 Å². The summed E-state index contributed by atoms with van der Waals surface area (Å²) in [7, 11) is 0. The van der Waals surface area contributed by atoms with Crippen LogP contribution in [0, 0.1) is 0 Å². The molecule has 1 aromatic rings. The third-order valence-electron chi connectivity index (χ3n) is 2.23. The number of rotatable bonds is 6. The van der Waals surface area contributed by atoms with E-state index >= 15 is 0 Å². The number of carbonyl (C=O) groups is 2. The van der Waals surface area contributed by atoms with Crippen LogP contribution in [-0.4, -0.2) is 40.0 Å². The Balaban J connectivity index is 2.66. The molecule has 1 amide bonds. The summed E-state index contributed by atoms with van der Waals surface area (Å²) in [5.74, 6) is -0.900. The van der Waals surface area contributed by atoms with Crippen LogP contribution in [0.4, 0.5) is 5.69 Å². The fourth-order valence-corrected chi connectivity index (χ4v) is 1.74. The fraction of sp³-hybridized carbons (Fsp3) is 0.364. The summed E-state index contributed by atoms with van der Waals surface area (Å²) in [6.45, 7) is 0. The van der Waals surface area contributed by atoms with Crippen molar-refractivity contribution in [3.8, 4) is 0 Å². The van der Waals surface area contributed by atoms with Crippen molar-refractivity contribution in [1.29, 1.82) is 0 Å². The molecule has 0 radical (unpaired) electrons. The predicted octanol–water partition coefficient (Wildman–Crippen LogP) is 0.600. The summed E-state index contributed by atoms with van der Waals surface area (Å²) in [6.07, 6.45) is 3.60. The summed E-state index contributed by atoms with van der Waals surface area (Å²) < 4.78 is 0. The van der Waals surface area contributed by atoms with Crippen molar-refractivity contribution in [3.63, 3.8) is 0 Å². The Labute approximate surface area is 109 Å². The van der Waals surface area contributed by atoms with Crippen LogP contribution >= 0.6 is 11.8 Å². The van der Waals surface area contributed by atoms with Crippen LogP contribution < -0.4 is 11.1 Å². The van der Waals surface area contributed by atoms with E-state index in [1.807, 2.05) is 6.26 Å².